The maximum atomic E-state index is 8.68. The summed E-state index contributed by atoms with van der Waals surface area (Å²) in [5.74, 6) is 1.61. The van der Waals surface area contributed by atoms with E-state index in [1.165, 1.54) is 0 Å². The second-order valence-corrected chi connectivity index (χ2v) is 4.99. The van der Waals surface area contributed by atoms with Crippen LogP contribution in [0.3, 0.4) is 0 Å². The SMILES string of the molecule is COc1c(Br)cc(Cl)cc1NCc1ccc(C#N)o1. The van der Waals surface area contributed by atoms with Crippen molar-refractivity contribution in [3.8, 4) is 11.8 Å². The summed E-state index contributed by atoms with van der Waals surface area (Å²) < 4.78 is 11.3. The van der Waals surface area contributed by atoms with Gasteiger partial charge in [-0.25, -0.2) is 0 Å². The lowest BCUT2D eigenvalue weighted by molar-refractivity contribution is 0.413. The molecule has 0 fully saturated rings. The van der Waals surface area contributed by atoms with Gasteiger partial charge in [-0.2, -0.15) is 5.26 Å². The van der Waals surface area contributed by atoms with E-state index in [0.717, 1.165) is 10.2 Å². The number of rotatable bonds is 4. The molecule has 0 aliphatic heterocycles. The lowest BCUT2D eigenvalue weighted by atomic mass is 10.3. The van der Waals surface area contributed by atoms with Crippen LogP contribution in [-0.2, 0) is 6.54 Å². The Labute approximate surface area is 124 Å². The Bertz CT molecular complexity index is 634. The molecule has 1 aromatic heterocycles. The van der Waals surface area contributed by atoms with Crippen LogP contribution in [-0.4, -0.2) is 7.11 Å². The molecular weight excluding hydrogens is 332 g/mol. The zero-order valence-corrected chi connectivity index (χ0v) is 12.4. The van der Waals surface area contributed by atoms with Crippen molar-refractivity contribution in [2.45, 2.75) is 6.54 Å². The van der Waals surface area contributed by atoms with E-state index < -0.39 is 0 Å². The van der Waals surface area contributed by atoms with Crippen molar-refractivity contribution in [3.05, 3.63) is 45.3 Å². The summed E-state index contributed by atoms with van der Waals surface area (Å²) in [6.07, 6.45) is 0. The largest absolute Gasteiger partial charge is 0.493 e. The van der Waals surface area contributed by atoms with E-state index in [1.807, 2.05) is 6.07 Å². The highest BCUT2D eigenvalue weighted by Crippen LogP contribution is 2.36. The van der Waals surface area contributed by atoms with E-state index in [-0.39, 0.29) is 5.76 Å². The predicted octanol–water partition coefficient (Wildman–Crippen LogP) is 4.19. The van der Waals surface area contributed by atoms with Gasteiger partial charge in [-0.15, -0.1) is 0 Å². The topological polar surface area (TPSA) is 58.2 Å². The number of nitriles is 1. The fourth-order valence-corrected chi connectivity index (χ4v) is 2.59. The Morgan fingerprint density at radius 1 is 1.47 bits per heavy atom. The summed E-state index contributed by atoms with van der Waals surface area (Å²) in [7, 11) is 1.58. The molecule has 1 heterocycles. The van der Waals surface area contributed by atoms with Crippen LogP contribution >= 0.6 is 27.5 Å². The lowest BCUT2D eigenvalue weighted by Gasteiger charge is -2.12. The molecule has 0 saturated heterocycles. The molecular formula is C13H10BrClN2O2. The first-order valence-electron chi connectivity index (χ1n) is 5.39. The van der Waals surface area contributed by atoms with Gasteiger partial charge in [0.1, 0.15) is 11.8 Å². The van der Waals surface area contributed by atoms with E-state index in [4.69, 9.17) is 26.0 Å². The molecule has 2 rings (SSSR count). The van der Waals surface area contributed by atoms with Gasteiger partial charge in [0.15, 0.2) is 5.75 Å². The highest BCUT2D eigenvalue weighted by Gasteiger charge is 2.10. The zero-order valence-electron chi connectivity index (χ0n) is 10.0. The van der Waals surface area contributed by atoms with Crippen molar-refractivity contribution >= 4 is 33.2 Å². The maximum absolute atomic E-state index is 8.68. The Kier molecular flexibility index (Phi) is 4.35. The van der Waals surface area contributed by atoms with Gasteiger partial charge in [-0.3, -0.25) is 0 Å². The fourth-order valence-electron chi connectivity index (χ4n) is 1.61. The summed E-state index contributed by atoms with van der Waals surface area (Å²) in [6, 6.07) is 8.83. The van der Waals surface area contributed by atoms with Crippen LogP contribution in [0.2, 0.25) is 5.02 Å². The molecule has 0 aliphatic rings. The second kappa shape index (κ2) is 6.00. The minimum Gasteiger partial charge on any atom is -0.493 e. The highest BCUT2D eigenvalue weighted by molar-refractivity contribution is 9.10. The first-order valence-corrected chi connectivity index (χ1v) is 6.57. The van der Waals surface area contributed by atoms with Crippen LogP contribution in [0.4, 0.5) is 5.69 Å². The van der Waals surface area contributed by atoms with Gasteiger partial charge in [0.05, 0.1) is 23.8 Å². The number of benzene rings is 1. The van der Waals surface area contributed by atoms with Gasteiger partial charge in [0.2, 0.25) is 5.76 Å². The molecule has 4 nitrogen and oxygen atoms in total. The third-order valence-corrected chi connectivity index (χ3v) is 3.24. The van der Waals surface area contributed by atoms with E-state index >= 15 is 0 Å². The van der Waals surface area contributed by atoms with Gasteiger partial charge in [0.25, 0.3) is 0 Å². The zero-order chi connectivity index (χ0) is 13.8. The van der Waals surface area contributed by atoms with Gasteiger partial charge in [0, 0.05) is 5.02 Å². The fraction of sp³-hybridized carbons (Fsp3) is 0.154. The maximum Gasteiger partial charge on any atom is 0.203 e. The highest BCUT2D eigenvalue weighted by atomic mass is 79.9. The summed E-state index contributed by atoms with van der Waals surface area (Å²) >= 11 is 9.38. The average molecular weight is 342 g/mol. The number of hydrogen-bond donors (Lipinski definition) is 1. The first kappa shape index (κ1) is 13.8. The molecule has 0 spiro atoms. The molecule has 0 bridgehead atoms. The van der Waals surface area contributed by atoms with E-state index in [1.54, 1.807) is 31.4 Å². The van der Waals surface area contributed by atoms with Crippen molar-refractivity contribution in [1.82, 2.24) is 0 Å². The third kappa shape index (κ3) is 3.22. The summed E-state index contributed by atoms with van der Waals surface area (Å²) in [4.78, 5) is 0. The molecule has 19 heavy (non-hydrogen) atoms. The molecule has 0 aliphatic carbocycles. The van der Waals surface area contributed by atoms with Crippen LogP contribution in [0.1, 0.15) is 11.5 Å². The van der Waals surface area contributed by atoms with Crippen LogP contribution in [0.15, 0.2) is 33.2 Å². The monoisotopic (exact) mass is 340 g/mol. The quantitative estimate of drug-likeness (QED) is 0.906. The van der Waals surface area contributed by atoms with Crippen LogP contribution in [0.5, 0.6) is 5.75 Å². The van der Waals surface area contributed by atoms with Crippen molar-refractivity contribution in [2.24, 2.45) is 0 Å². The molecule has 0 unspecified atom stereocenters. The Morgan fingerprint density at radius 2 is 2.26 bits per heavy atom. The van der Waals surface area contributed by atoms with Crippen LogP contribution < -0.4 is 10.1 Å². The van der Waals surface area contributed by atoms with E-state index in [2.05, 4.69) is 21.2 Å². The summed E-state index contributed by atoms with van der Waals surface area (Å²) in [5.41, 5.74) is 0.747. The number of nitrogens with one attached hydrogen (secondary N) is 1. The van der Waals surface area contributed by atoms with Gasteiger partial charge in [-0.1, -0.05) is 11.6 Å². The van der Waals surface area contributed by atoms with Gasteiger partial charge in [-0.05, 0) is 40.2 Å². The van der Waals surface area contributed by atoms with Crippen molar-refractivity contribution in [2.75, 3.05) is 12.4 Å². The molecule has 0 atom stereocenters. The number of methoxy groups -OCH3 is 1. The smallest absolute Gasteiger partial charge is 0.203 e. The summed E-state index contributed by atoms with van der Waals surface area (Å²) in [5, 5.41) is 12.4. The van der Waals surface area contributed by atoms with E-state index in [9.17, 15) is 0 Å². The van der Waals surface area contributed by atoms with Crippen molar-refractivity contribution < 1.29 is 9.15 Å². The average Bonchev–Trinajstić information content (AvgIpc) is 2.83. The third-order valence-electron chi connectivity index (χ3n) is 2.44. The number of hydrogen-bond acceptors (Lipinski definition) is 4. The molecule has 1 aromatic carbocycles. The Morgan fingerprint density at radius 3 is 2.89 bits per heavy atom. The van der Waals surface area contributed by atoms with Gasteiger partial charge >= 0.3 is 0 Å². The number of nitrogens with zero attached hydrogens (tertiary/aromatic N) is 1. The van der Waals surface area contributed by atoms with E-state index in [0.29, 0.717) is 23.1 Å². The number of anilines is 1. The van der Waals surface area contributed by atoms with Crippen molar-refractivity contribution in [3.63, 3.8) is 0 Å². The Balaban J connectivity index is 2.17. The molecule has 0 radical (unpaired) electrons. The normalized spacial score (nSPS) is 10.0. The second-order valence-electron chi connectivity index (χ2n) is 3.70. The van der Waals surface area contributed by atoms with Gasteiger partial charge < -0.3 is 14.5 Å². The van der Waals surface area contributed by atoms with Crippen LogP contribution in [0, 0.1) is 11.3 Å². The molecule has 1 N–H and O–H groups in total. The lowest BCUT2D eigenvalue weighted by Crippen LogP contribution is -2.01. The standard InChI is InChI=1S/C13H10BrClN2O2/c1-18-13-11(14)4-8(15)5-12(13)17-7-10-3-2-9(6-16)19-10/h2-5,17H,7H2,1H3. The predicted molar refractivity (Wildman–Crippen MR) is 76.5 cm³/mol. The Hall–Kier alpha value is -1.64. The summed E-state index contributed by atoms with van der Waals surface area (Å²) in [6.45, 7) is 0.435. The molecule has 98 valence electrons. The molecule has 0 amide bonds. The minimum atomic E-state index is 0.288. The molecule has 2 aromatic rings. The molecule has 6 heteroatoms. The van der Waals surface area contributed by atoms with Crippen LogP contribution in [0.25, 0.3) is 0 Å². The first-order chi connectivity index (χ1) is 9.13. The molecule has 0 saturated carbocycles. The number of ether oxygens (including phenoxy) is 1. The number of halogens is 2. The van der Waals surface area contributed by atoms with Crippen molar-refractivity contribution in [1.29, 1.82) is 5.26 Å². The number of furan rings is 1. The minimum absolute atomic E-state index is 0.288.